The largest absolute Gasteiger partial charge is 0.350 e. The van der Waals surface area contributed by atoms with Gasteiger partial charge in [0.05, 0.1) is 15.8 Å². The summed E-state index contributed by atoms with van der Waals surface area (Å²) in [5, 5.41) is 6.52. The van der Waals surface area contributed by atoms with Crippen LogP contribution in [0.4, 0.5) is 5.13 Å². The van der Waals surface area contributed by atoms with Gasteiger partial charge in [-0.05, 0) is 56.4 Å². The molecule has 3 N–H and O–H groups in total. The van der Waals surface area contributed by atoms with E-state index in [2.05, 4.69) is 27.5 Å². The van der Waals surface area contributed by atoms with E-state index in [9.17, 15) is 22.8 Å². The molecular weight excluding hydrogens is 659 g/mol. The molecule has 0 bridgehead atoms. The molecule has 2 aliphatic heterocycles. The van der Waals surface area contributed by atoms with Gasteiger partial charge in [0.1, 0.15) is 17.6 Å². The summed E-state index contributed by atoms with van der Waals surface area (Å²) >= 11 is 1.51. The topological polar surface area (TPSA) is 138 Å². The Morgan fingerprint density at radius 3 is 2.41 bits per heavy atom. The number of hydrogen-bond acceptors (Lipinski definition) is 8. The number of aromatic nitrogens is 1. The Hall–Kier alpha value is -4.03. The number of anilines is 1. The fourth-order valence-electron chi connectivity index (χ4n) is 7.12. The Kier molecular flexibility index (Phi) is 9.36. The molecule has 258 valence electrons. The summed E-state index contributed by atoms with van der Waals surface area (Å²) in [6.07, 6.45) is 9.78. The molecule has 3 heterocycles. The summed E-state index contributed by atoms with van der Waals surface area (Å²) in [6, 6.07) is 18.7. The molecule has 0 spiro atoms. The fourth-order valence-corrected chi connectivity index (χ4v) is 9.53. The van der Waals surface area contributed by atoms with Crippen molar-refractivity contribution >= 4 is 44.2 Å². The number of fused-ring (bicyclic) bond motifs is 2. The van der Waals surface area contributed by atoms with Crippen molar-refractivity contribution in [3.63, 3.8) is 0 Å². The number of benzene rings is 2. The van der Waals surface area contributed by atoms with Crippen LogP contribution >= 0.6 is 11.3 Å². The van der Waals surface area contributed by atoms with Crippen LogP contribution in [0.2, 0.25) is 0 Å². The van der Waals surface area contributed by atoms with Crippen LogP contribution in [-0.2, 0) is 24.4 Å². The predicted octanol–water partition coefficient (Wildman–Crippen LogP) is 5.50. The highest BCUT2D eigenvalue weighted by atomic mass is 32.2. The van der Waals surface area contributed by atoms with E-state index in [0.29, 0.717) is 43.8 Å². The van der Waals surface area contributed by atoms with Gasteiger partial charge in [-0.1, -0.05) is 104 Å². The minimum atomic E-state index is -3.79. The standard InChI is InChI=1S/C37H43N5O5S2/c1-24-21-30-33(43)40-37(35(45)41-49(46,47)28-19-20-28)22-27(37)17-11-3-2-4-12-18-29(34(44)42(30)23-24)38-36-39-31(25-13-7-5-8-14-25)32(48-36)26-15-9-6-10-16-26/h5-11,13-17,24,27-30H,2-4,12,18-23H2,1H3,(H,38,39)(H,40,43)(H,41,45)/b17-11-/t24-,27-,29+,30+,37-/m1/s1. The number of carbonyl (C=O) groups is 3. The first-order valence-corrected chi connectivity index (χ1v) is 19.7. The maximum absolute atomic E-state index is 14.5. The number of sulfonamides is 1. The molecule has 3 amide bonds. The molecule has 1 aromatic heterocycles. The van der Waals surface area contributed by atoms with Gasteiger partial charge in [0.2, 0.25) is 21.8 Å². The molecule has 0 unspecified atom stereocenters. The third-order valence-electron chi connectivity index (χ3n) is 10.1. The lowest BCUT2D eigenvalue weighted by Gasteiger charge is -2.30. The molecule has 49 heavy (non-hydrogen) atoms. The lowest BCUT2D eigenvalue weighted by molar-refractivity contribution is -0.140. The maximum atomic E-state index is 14.5. The van der Waals surface area contributed by atoms with E-state index < -0.39 is 44.7 Å². The van der Waals surface area contributed by atoms with Crippen molar-refractivity contribution in [2.24, 2.45) is 11.8 Å². The molecule has 3 fully saturated rings. The zero-order chi connectivity index (χ0) is 34.2. The van der Waals surface area contributed by atoms with E-state index in [1.54, 1.807) is 4.90 Å². The average molecular weight is 702 g/mol. The van der Waals surface area contributed by atoms with Crippen molar-refractivity contribution in [2.45, 2.75) is 87.6 Å². The Balaban J connectivity index is 1.16. The first-order valence-electron chi connectivity index (χ1n) is 17.4. The highest BCUT2D eigenvalue weighted by molar-refractivity contribution is 7.91. The lowest BCUT2D eigenvalue weighted by atomic mass is 10.0. The van der Waals surface area contributed by atoms with E-state index in [1.807, 2.05) is 67.6 Å². The Labute approximate surface area is 291 Å². The quantitative estimate of drug-likeness (QED) is 0.277. The molecule has 7 rings (SSSR count). The van der Waals surface area contributed by atoms with Gasteiger partial charge in [-0.15, -0.1) is 0 Å². The first-order chi connectivity index (χ1) is 23.6. The number of thiazole rings is 1. The predicted molar refractivity (Wildman–Crippen MR) is 191 cm³/mol. The third-order valence-corrected chi connectivity index (χ3v) is 13.0. The number of allylic oxidation sites excluding steroid dienone is 1. The minimum Gasteiger partial charge on any atom is -0.350 e. The van der Waals surface area contributed by atoms with Crippen LogP contribution in [0.25, 0.3) is 21.7 Å². The third kappa shape index (κ3) is 7.17. The summed E-state index contributed by atoms with van der Waals surface area (Å²) in [6.45, 7) is 2.43. The van der Waals surface area contributed by atoms with Crippen LogP contribution in [0, 0.1) is 11.8 Å². The van der Waals surface area contributed by atoms with Crippen LogP contribution in [0.3, 0.4) is 0 Å². The normalized spacial score (nSPS) is 28.3. The van der Waals surface area contributed by atoms with Crippen molar-refractivity contribution in [1.82, 2.24) is 19.9 Å². The molecule has 1 saturated heterocycles. The Morgan fingerprint density at radius 1 is 0.980 bits per heavy atom. The smallest absolute Gasteiger partial charge is 0.259 e. The van der Waals surface area contributed by atoms with E-state index in [4.69, 9.17) is 4.98 Å². The summed E-state index contributed by atoms with van der Waals surface area (Å²) < 4.78 is 27.7. The minimum absolute atomic E-state index is 0.0726. The highest BCUT2D eigenvalue weighted by Gasteiger charge is 2.62. The second-order valence-electron chi connectivity index (χ2n) is 14.0. The molecular formula is C37H43N5O5S2. The van der Waals surface area contributed by atoms with Crippen LogP contribution in [0.15, 0.2) is 72.8 Å². The molecule has 10 nitrogen and oxygen atoms in total. The SMILES string of the molecule is C[C@@H]1C[C@H]2C(=O)N[C@]3(C(=O)NS(=O)(=O)C4CC4)C[C@H]3/C=C\CCCCC[C@H](Nc3nc(-c4ccccc4)c(-c4ccccc4)s3)C(=O)N2C1. The zero-order valence-corrected chi connectivity index (χ0v) is 29.3. The van der Waals surface area contributed by atoms with E-state index >= 15 is 0 Å². The molecule has 2 aromatic carbocycles. The van der Waals surface area contributed by atoms with Gasteiger partial charge in [0, 0.05) is 18.0 Å². The second kappa shape index (κ2) is 13.7. The van der Waals surface area contributed by atoms with Crippen molar-refractivity contribution in [1.29, 1.82) is 0 Å². The van der Waals surface area contributed by atoms with E-state index in [1.165, 1.54) is 11.3 Å². The monoisotopic (exact) mass is 701 g/mol. The van der Waals surface area contributed by atoms with Gasteiger partial charge >= 0.3 is 0 Å². The van der Waals surface area contributed by atoms with Crippen LogP contribution in [-0.4, -0.2) is 65.4 Å². The van der Waals surface area contributed by atoms with Crippen molar-refractivity contribution in [3.05, 3.63) is 72.8 Å². The number of nitrogens with one attached hydrogen (secondary N) is 3. The van der Waals surface area contributed by atoms with Gasteiger partial charge < -0.3 is 15.5 Å². The van der Waals surface area contributed by atoms with Crippen molar-refractivity contribution in [3.8, 4) is 21.7 Å². The van der Waals surface area contributed by atoms with Crippen molar-refractivity contribution in [2.75, 3.05) is 11.9 Å². The summed E-state index contributed by atoms with van der Waals surface area (Å²) in [5.74, 6) is -1.52. The summed E-state index contributed by atoms with van der Waals surface area (Å²) in [7, 11) is -3.79. The number of amides is 3. The maximum Gasteiger partial charge on any atom is 0.259 e. The molecule has 2 saturated carbocycles. The molecule has 4 aliphatic rings. The highest BCUT2D eigenvalue weighted by Crippen LogP contribution is 2.46. The number of hydrogen-bond donors (Lipinski definition) is 3. The number of carbonyl (C=O) groups excluding carboxylic acids is 3. The van der Waals surface area contributed by atoms with Gasteiger partial charge in [-0.3, -0.25) is 19.1 Å². The lowest BCUT2D eigenvalue weighted by Crippen LogP contribution is -2.57. The van der Waals surface area contributed by atoms with E-state index in [-0.39, 0.29) is 17.7 Å². The molecule has 2 aliphatic carbocycles. The van der Waals surface area contributed by atoms with Gasteiger partial charge in [-0.25, -0.2) is 13.4 Å². The van der Waals surface area contributed by atoms with Crippen LogP contribution in [0.1, 0.15) is 64.7 Å². The molecule has 0 radical (unpaired) electrons. The zero-order valence-electron chi connectivity index (χ0n) is 27.6. The number of rotatable bonds is 7. The van der Waals surface area contributed by atoms with Gasteiger partial charge in [0.25, 0.3) is 5.91 Å². The Morgan fingerprint density at radius 2 is 1.69 bits per heavy atom. The van der Waals surface area contributed by atoms with Crippen LogP contribution in [0.5, 0.6) is 0 Å². The van der Waals surface area contributed by atoms with Crippen molar-refractivity contribution < 1.29 is 22.8 Å². The summed E-state index contributed by atoms with van der Waals surface area (Å²) in [4.78, 5) is 49.7. The molecule has 12 heteroatoms. The molecule has 5 atom stereocenters. The van der Waals surface area contributed by atoms with Gasteiger partial charge in [-0.2, -0.15) is 0 Å². The number of nitrogens with zero attached hydrogens (tertiary/aromatic N) is 2. The summed E-state index contributed by atoms with van der Waals surface area (Å²) in [5.41, 5.74) is 1.52. The molecule has 3 aromatic rings. The average Bonchev–Trinajstić information content (AvgIpc) is 3.99. The fraction of sp³-hybridized carbons (Fsp3) is 0.459. The first kappa shape index (κ1) is 33.5. The Bertz CT molecular complexity index is 1790. The van der Waals surface area contributed by atoms with Gasteiger partial charge in [0.15, 0.2) is 5.13 Å². The van der Waals surface area contributed by atoms with E-state index in [0.717, 1.165) is 47.4 Å². The second-order valence-corrected chi connectivity index (χ2v) is 16.9. The van der Waals surface area contributed by atoms with Crippen LogP contribution < -0.4 is 15.4 Å².